The third-order valence-electron chi connectivity index (χ3n) is 3.06. The number of hydrogen-bond acceptors (Lipinski definition) is 4. The van der Waals surface area contributed by atoms with Gasteiger partial charge in [-0.25, -0.2) is 4.68 Å². The molecular weight excluding hydrogens is 339 g/mol. The molecule has 23 heavy (non-hydrogen) atoms. The molecule has 2 rings (SSSR count). The van der Waals surface area contributed by atoms with Gasteiger partial charge in [-0.1, -0.05) is 29.3 Å². The molecule has 1 heterocycles. The van der Waals surface area contributed by atoms with Crippen molar-refractivity contribution in [1.29, 1.82) is 0 Å². The van der Waals surface area contributed by atoms with Crippen LogP contribution >= 0.6 is 23.2 Å². The van der Waals surface area contributed by atoms with Crippen LogP contribution in [0.2, 0.25) is 10.0 Å². The predicted molar refractivity (Wildman–Crippen MR) is 91.2 cm³/mol. The molecule has 0 bridgehead atoms. The number of rotatable bonds is 6. The van der Waals surface area contributed by atoms with E-state index in [1.165, 1.54) is 0 Å². The average Bonchev–Trinajstić information content (AvgIpc) is 2.82. The zero-order chi connectivity index (χ0) is 17.0. The Balaban J connectivity index is 2.53. The van der Waals surface area contributed by atoms with Gasteiger partial charge in [-0.3, -0.25) is 0 Å². The van der Waals surface area contributed by atoms with Gasteiger partial charge in [0.15, 0.2) is 0 Å². The zero-order valence-corrected chi connectivity index (χ0v) is 14.3. The minimum atomic E-state index is -0.239. The van der Waals surface area contributed by atoms with Crippen molar-refractivity contribution in [1.82, 2.24) is 9.78 Å². The lowest BCUT2D eigenvalue weighted by Gasteiger charge is -2.13. The Hall–Kier alpha value is -1.53. The number of aromatic nitrogens is 2. The Kier molecular flexibility index (Phi) is 6.07. The van der Waals surface area contributed by atoms with E-state index in [0.717, 1.165) is 0 Å². The van der Waals surface area contributed by atoms with Crippen molar-refractivity contribution < 1.29 is 14.9 Å². The maximum Gasteiger partial charge on any atom is 0.225 e. The molecule has 124 valence electrons. The van der Waals surface area contributed by atoms with Gasteiger partial charge in [0, 0.05) is 10.0 Å². The largest absolute Gasteiger partial charge is 0.439 e. The SMILES string of the molecule is CC(C)n1nc(CO)c(/C=C/CO)c1Oc1cc(Cl)cc(Cl)c1. The van der Waals surface area contributed by atoms with Crippen LogP contribution < -0.4 is 4.74 Å². The first-order chi connectivity index (χ1) is 11.0. The van der Waals surface area contributed by atoms with Crippen molar-refractivity contribution in [2.24, 2.45) is 0 Å². The summed E-state index contributed by atoms with van der Waals surface area (Å²) < 4.78 is 7.59. The van der Waals surface area contributed by atoms with E-state index >= 15 is 0 Å². The maximum atomic E-state index is 9.52. The predicted octanol–water partition coefficient (Wildman–Crippen LogP) is 4.06. The molecule has 0 radical (unpaired) electrons. The summed E-state index contributed by atoms with van der Waals surface area (Å²) >= 11 is 12.0. The molecular formula is C16H18Cl2N2O3. The molecule has 0 amide bonds. The fraction of sp³-hybridized carbons (Fsp3) is 0.312. The summed E-state index contributed by atoms with van der Waals surface area (Å²) in [6.45, 7) is 3.54. The van der Waals surface area contributed by atoms with E-state index in [1.54, 1.807) is 35.0 Å². The minimum absolute atomic E-state index is 0.0150. The van der Waals surface area contributed by atoms with E-state index in [2.05, 4.69) is 5.10 Å². The molecule has 0 unspecified atom stereocenters. The van der Waals surface area contributed by atoms with Crippen molar-refractivity contribution in [3.63, 3.8) is 0 Å². The van der Waals surface area contributed by atoms with Gasteiger partial charge < -0.3 is 14.9 Å². The summed E-state index contributed by atoms with van der Waals surface area (Å²) in [4.78, 5) is 0. The van der Waals surface area contributed by atoms with E-state index in [-0.39, 0.29) is 19.3 Å². The fourth-order valence-electron chi connectivity index (χ4n) is 2.08. The van der Waals surface area contributed by atoms with Gasteiger partial charge in [-0.15, -0.1) is 0 Å². The number of hydrogen-bond donors (Lipinski definition) is 2. The molecule has 0 saturated heterocycles. The Bertz CT molecular complexity index is 691. The van der Waals surface area contributed by atoms with Crippen LogP contribution in [0.5, 0.6) is 11.6 Å². The minimum Gasteiger partial charge on any atom is -0.439 e. The van der Waals surface area contributed by atoms with Crippen LogP contribution in [0.4, 0.5) is 0 Å². The highest BCUT2D eigenvalue weighted by molar-refractivity contribution is 6.34. The summed E-state index contributed by atoms with van der Waals surface area (Å²) in [5, 5.41) is 23.8. The first-order valence-electron chi connectivity index (χ1n) is 7.09. The Morgan fingerprint density at radius 1 is 1.22 bits per heavy atom. The molecule has 1 aromatic carbocycles. The number of benzene rings is 1. The third-order valence-corrected chi connectivity index (χ3v) is 3.49. The average molecular weight is 357 g/mol. The fourth-order valence-corrected chi connectivity index (χ4v) is 2.59. The second-order valence-corrected chi connectivity index (χ2v) is 6.03. The Morgan fingerprint density at radius 3 is 2.39 bits per heavy atom. The van der Waals surface area contributed by atoms with Gasteiger partial charge in [0.2, 0.25) is 5.88 Å². The molecule has 5 nitrogen and oxygen atoms in total. The standard InChI is InChI=1S/C16H18Cl2N2O3/c1-10(2)20-16(14(4-3-5-21)15(9-22)19-20)23-13-7-11(17)6-12(18)8-13/h3-4,6-8,10,21-22H,5,9H2,1-2H3/b4-3+. The van der Waals surface area contributed by atoms with Crippen molar-refractivity contribution in [2.45, 2.75) is 26.5 Å². The van der Waals surface area contributed by atoms with Crippen LogP contribution in [-0.4, -0.2) is 26.6 Å². The smallest absolute Gasteiger partial charge is 0.225 e. The van der Waals surface area contributed by atoms with E-state index in [1.807, 2.05) is 13.8 Å². The number of nitrogens with zero attached hydrogens (tertiary/aromatic N) is 2. The van der Waals surface area contributed by atoms with Crippen molar-refractivity contribution in [3.05, 3.63) is 45.6 Å². The van der Waals surface area contributed by atoms with E-state index < -0.39 is 0 Å². The molecule has 2 aromatic rings. The molecule has 0 aliphatic carbocycles. The molecule has 1 aromatic heterocycles. The maximum absolute atomic E-state index is 9.52. The summed E-state index contributed by atoms with van der Waals surface area (Å²) in [6.07, 6.45) is 3.22. The van der Waals surface area contributed by atoms with Gasteiger partial charge in [-0.2, -0.15) is 5.10 Å². The monoisotopic (exact) mass is 356 g/mol. The molecule has 0 spiro atoms. The lowest BCUT2D eigenvalue weighted by atomic mass is 10.2. The molecule has 0 aliphatic rings. The van der Waals surface area contributed by atoms with Crippen LogP contribution in [0.25, 0.3) is 6.08 Å². The lowest BCUT2D eigenvalue weighted by molar-refractivity contribution is 0.274. The summed E-state index contributed by atoms with van der Waals surface area (Å²) in [6, 6.07) is 4.91. The number of ether oxygens (including phenoxy) is 1. The van der Waals surface area contributed by atoms with Crippen LogP contribution in [0.1, 0.15) is 31.1 Å². The molecule has 0 atom stereocenters. The molecule has 2 N–H and O–H groups in total. The highest BCUT2D eigenvalue weighted by Gasteiger charge is 2.19. The zero-order valence-electron chi connectivity index (χ0n) is 12.8. The quantitative estimate of drug-likeness (QED) is 0.818. The molecule has 0 aliphatic heterocycles. The van der Waals surface area contributed by atoms with Gasteiger partial charge in [0.05, 0.1) is 30.5 Å². The first-order valence-corrected chi connectivity index (χ1v) is 7.85. The second-order valence-electron chi connectivity index (χ2n) is 5.15. The van der Waals surface area contributed by atoms with Crippen LogP contribution in [0.3, 0.4) is 0 Å². The van der Waals surface area contributed by atoms with Crippen molar-refractivity contribution in [3.8, 4) is 11.6 Å². The van der Waals surface area contributed by atoms with Gasteiger partial charge in [0.25, 0.3) is 0 Å². The van der Waals surface area contributed by atoms with Crippen LogP contribution in [0, 0.1) is 0 Å². The topological polar surface area (TPSA) is 67.5 Å². The van der Waals surface area contributed by atoms with Gasteiger partial charge in [0.1, 0.15) is 5.75 Å². The van der Waals surface area contributed by atoms with Gasteiger partial charge in [-0.05, 0) is 38.1 Å². The summed E-state index contributed by atoms with van der Waals surface area (Å²) in [5.74, 6) is 0.916. The highest BCUT2D eigenvalue weighted by Crippen LogP contribution is 2.34. The van der Waals surface area contributed by atoms with Crippen LogP contribution in [0.15, 0.2) is 24.3 Å². The van der Waals surface area contributed by atoms with E-state index in [9.17, 15) is 5.11 Å². The molecule has 0 saturated carbocycles. The number of aliphatic hydroxyl groups excluding tert-OH is 2. The third kappa shape index (κ3) is 4.26. The molecule has 7 heteroatoms. The summed E-state index contributed by atoms with van der Waals surface area (Å²) in [7, 11) is 0. The number of aliphatic hydroxyl groups is 2. The van der Waals surface area contributed by atoms with E-state index in [0.29, 0.717) is 32.9 Å². The normalized spacial score (nSPS) is 11.6. The number of halogens is 2. The van der Waals surface area contributed by atoms with E-state index in [4.69, 9.17) is 33.0 Å². The lowest BCUT2D eigenvalue weighted by Crippen LogP contribution is -2.05. The highest BCUT2D eigenvalue weighted by atomic mass is 35.5. The Labute approximate surface area is 144 Å². The molecule has 0 fully saturated rings. The Morgan fingerprint density at radius 2 is 1.87 bits per heavy atom. The summed E-state index contributed by atoms with van der Waals surface area (Å²) in [5.41, 5.74) is 1.07. The van der Waals surface area contributed by atoms with Gasteiger partial charge >= 0.3 is 0 Å². The van der Waals surface area contributed by atoms with Crippen molar-refractivity contribution in [2.75, 3.05) is 6.61 Å². The van der Waals surface area contributed by atoms with Crippen LogP contribution in [-0.2, 0) is 6.61 Å². The van der Waals surface area contributed by atoms with Crippen molar-refractivity contribution >= 4 is 29.3 Å². The first kappa shape index (κ1) is 17.8. The second kappa shape index (κ2) is 7.84.